The van der Waals surface area contributed by atoms with Crippen molar-refractivity contribution in [1.82, 2.24) is 0 Å². The Bertz CT molecular complexity index is 586. The zero-order valence-electron chi connectivity index (χ0n) is 18.0. The first-order valence-electron chi connectivity index (χ1n) is 10.7. The third kappa shape index (κ3) is 11.6. The fraction of sp³-hybridized carbons (Fsp3) is 0.560. The van der Waals surface area contributed by atoms with Crippen LogP contribution in [0.2, 0.25) is 0 Å². The second-order valence-corrected chi connectivity index (χ2v) is 7.47. The van der Waals surface area contributed by atoms with Crippen LogP contribution in [-0.2, 0) is 16.0 Å². The number of hydrogen-bond donors (Lipinski definition) is 0. The van der Waals surface area contributed by atoms with Gasteiger partial charge in [0, 0.05) is 13.3 Å². The van der Waals surface area contributed by atoms with Gasteiger partial charge in [-0.1, -0.05) is 69.9 Å². The van der Waals surface area contributed by atoms with Crippen LogP contribution in [0.4, 0.5) is 0 Å². The van der Waals surface area contributed by atoms with Crippen molar-refractivity contribution in [2.24, 2.45) is 5.92 Å². The summed E-state index contributed by atoms with van der Waals surface area (Å²) < 4.78 is 10.3. The van der Waals surface area contributed by atoms with Crippen molar-refractivity contribution in [2.45, 2.75) is 78.1 Å². The van der Waals surface area contributed by atoms with Gasteiger partial charge >= 0.3 is 5.97 Å². The molecule has 0 saturated heterocycles. The van der Waals surface area contributed by atoms with E-state index >= 15 is 0 Å². The molecule has 0 N–H and O–H groups in total. The molecular weight excluding hydrogens is 348 g/mol. The van der Waals surface area contributed by atoms with E-state index in [1.165, 1.54) is 51.0 Å². The van der Waals surface area contributed by atoms with Crippen LogP contribution in [0, 0.1) is 5.92 Å². The molecule has 0 radical (unpaired) electrons. The first-order valence-corrected chi connectivity index (χ1v) is 10.7. The van der Waals surface area contributed by atoms with Gasteiger partial charge in [-0.25, -0.2) is 0 Å². The van der Waals surface area contributed by atoms with Crippen LogP contribution in [0.5, 0.6) is 5.75 Å². The van der Waals surface area contributed by atoms with Crippen molar-refractivity contribution >= 4 is 5.97 Å². The average Bonchev–Trinajstić information content (AvgIpc) is 2.68. The third-order valence-corrected chi connectivity index (χ3v) is 4.87. The Kier molecular flexibility index (Phi) is 12.8. The normalized spacial score (nSPS) is 12.1. The smallest absolute Gasteiger partial charge is 0.307 e. The Labute approximate surface area is 171 Å². The van der Waals surface area contributed by atoms with E-state index in [0.717, 1.165) is 25.0 Å². The van der Waals surface area contributed by atoms with E-state index in [4.69, 9.17) is 9.47 Å². The van der Waals surface area contributed by atoms with E-state index in [9.17, 15) is 4.79 Å². The number of methoxy groups -OCH3 is 1. The van der Waals surface area contributed by atoms with Crippen molar-refractivity contribution in [3.63, 3.8) is 0 Å². The number of carbonyl (C=O) groups is 1. The largest absolute Gasteiger partial charge is 0.497 e. The highest BCUT2D eigenvalue weighted by Gasteiger charge is 2.09. The number of ether oxygens (including phenoxy) is 2. The van der Waals surface area contributed by atoms with Crippen LogP contribution >= 0.6 is 0 Å². The van der Waals surface area contributed by atoms with E-state index in [0.29, 0.717) is 18.1 Å². The van der Waals surface area contributed by atoms with Gasteiger partial charge in [-0.05, 0) is 49.3 Å². The maximum atomic E-state index is 11.1. The third-order valence-electron chi connectivity index (χ3n) is 4.87. The summed E-state index contributed by atoms with van der Waals surface area (Å²) in [6.07, 6.45) is 16.3. The first-order chi connectivity index (χ1) is 13.5. The second-order valence-electron chi connectivity index (χ2n) is 7.47. The molecule has 0 aliphatic rings. The number of benzene rings is 1. The summed E-state index contributed by atoms with van der Waals surface area (Å²) in [4.78, 5) is 11.1. The predicted molar refractivity (Wildman–Crippen MR) is 117 cm³/mol. The first kappa shape index (κ1) is 24.0. The molecule has 3 nitrogen and oxygen atoms in total. The molecule has 1 rings (SSSR count). The summed E-state index contributed by atoms with van der Waals surface area (Å²) in [5, 5.41) is 0. The Hall–Kier alpha value is -2.03. The highest BCUT2D eigenvalue weighted by Crippen LogP contribution is 2.21. The Morgan fingerprint density at radius 2 is 1.79 bits per heavy atom. The fourth-order valence-electron chi connectivity index (χ4n) is 3.26. The van der Waals surface area contributed by atoms with E-state index < -0.39 is 0 Å². The maximum Gasteiger partial charge on any atom is 0.307 e. The molecule has 1 unspecified atom stereocenters. The number of esters is 1. The molecule has 0 aliphatic carbocycles. The summed E-state index contributed by atoms with van der Waals surface area (Å²) >= 11 is 0. The standard InChI is InChI=1S/C25H38O3/c1-5-6-7-8-9-10-11-12-13-23(15-14-21(2)28-22(3)26)20-24-16-18-25(27-4)19-17-24/h12-13,16-19,23H,2,5-11,14-15,20H2,1,3-4H3/b13-12+. The second kappa shape index (κ2) is 15.0. The Morgan fingerprint density at radius 1 is 1.11 bits per heavy atom. The van der Waals surface area contributed by atoms with Crippen LogP contribution in [0.15, 0.2) is 48.8 Å². The molecule has 0 saturated carbocycles. The topological polar surface area (TPSA) is 35.5 Å². The van der Waals surface area contributed by atoms with Gasteiger partial charge in [0.05, 0.1) is 7.11 Å². The molecule has 0 fully saturated rings. The summed E-state index contributed by atoms with van der Waals surface area (Å²) in [6, 6.07) is 8.25. The monoisotopic (exact) mass is 386 g/mol. The van der Waals surface area contributed by atoms with E-state index in [-0.39, 0.29) is 5.97 Å². The van der Waals surface area contributed by atoms with Crippen LogP contribution in [-0.4, -0.2) is 13.1 Å². The fourth-order valence-corrected chi connectivity index (χ4v) is 3.26. The minimum absolute atomic E-state index is 0.296. The number of hydrogen-bond acceptors (Lipinski definition) is 3. The predicted octanol–water partition coefficient (Wildman–Crippen LogP) is 7.02. The molecule has 1 aromatic carbocycles. The minimum Gasteiger partial charge on any atom is -0.497 e. The van der Waals surface area contributed by atoms with Crippen molar-refractivity contribution in [2.75, 3.05) is 7.11 Å². The van der Waals surface area contributed by atoms with Crippen molar-refractivity contribution in [3.8, 4) is 5.75 Å². The van der Waals surface area contributed by atoms with Crippen LogP contribution in [0.3, 0.4) is 0 Å². The van der Waals surface area contributed by atoms with E-state index in [1.807, 2.05) is 12.1 Å². The number of rotatable bonds is 15. The molecular formula is C25H38O3. The van der Waals surface area contributed by atoms with Crippen LogP contribution in [0.25, 0.3) is 0 Å². The van der Waals surface area contributed by atoms with Gasteiger partial charge in [-0.15, -0.1) is 0 Å². The Morgan fingerprint density at radius 3 is 2.43 bits per heavy atom. The van der Waals surface area contributed by atoms with Gasteiger partial charge in [0.25, 0.3) is 0 Å². The molecule has 1 atom stereocenters. The molecule has 28 heavy (non-hydrogen) atoms. The number of allylic oxidation sites excluding steroid dienone is 3. The Balaban J connectivity index is 2.52. The quantitative estimate of drug-likeness (QED) is 0.141. The zero-order chi connectivity index (χ0) is 20.6. The highest BCUT2D eigenvalue weighted by molar-refractivity contribution is 5.67. The van der Waals surface area contributed by atoms with Gasteiger partial charge in [0.2, 0.25) is 0 Å². The minimum atomic E-state index is -0.296. The summed E-state index contributed by atoms with van der Waals surface area (Å²) in [5.74, 6) is 1.54. The molecule has 1 aromatic rings. The maximum absolute atomic E-state index is 11.1. The molecule has 0 heterocycles. The number of unbranched alkanes of at least 4 members (excludes halogenated alkanes) is 6. The molecule has 0 aromatic heterocycles. The lowest BCUT2D eigenvalue weighted by molar-refractivity contribution is -0.137. The van der Waals surface area contributed by atoms with Crippen molar-refractivity contribution in [3.05, 3.63) is 54.3 Å². The summed E-state index contributed by atoms with van der Waals surface area (Å²) in [6.45, 7) is 7.53. The van der Waals surface area contributed by atoms with E-state index in [1.54, 1.807) is 7.11 Å². The summed E-state index contributed by atoms with van der Waals surface area (Å²) in [7, 11) is 1.68. The van der Waals surface area contributed by atoms with Crippen molar-refractivity contribution < 1.29 is 14.3 Å². The van der Waals surface area contributed by atoms with Gasteiger partial charge in [0.15, 0.2) is 0 Å². The lowest BCUT2D eigenvalue weighted by atomic mass is 9.93. The van der Waals surface area contributed by atoms with Gasteiger partial charge in [-0.2, -0.15) is 0 Å². The highest BCUT2D eigenvalue weighted by atomic mass is 16.5. The molecule has 0 aliphatic heterocycles. The number of carbonyl (C=O) groups excluding carboxylic acids is 1. The van der Waals surface area contributed by atoms with Crippen LogP contribution in [0.1, 0.15) is 77.2 Å². The lowest BCUT2D eigenvalue weighted by Gasteiger charge is -2.14. The summed E-state index contributed by atoms with van der Waals surface area (Å²) in [5.41, 5.74) is 1.29. The zero-order valence-corrected chi connectivity index (χ0v) is 18.0. The average molecular weight is 387 g/mol. The van der Waals surface area contributed by atoms with E-state index in [2.05, 4.69) is 37.8 Å². The van der Waals surface area contributed by atoms with Crippen LogP contribution < -0.4 is 4.74 Å². The molecule has 156 valence electrons. The van der Waals surface area contributed by atoms with Gasteiger partial charge in [-0.3, -0.25) is 4.79 Å². The molecule has 0 spiro atoms. The van der Waals surface area contributed by atoms with Gasteiger partial charge in [0.1, 0.15) is 11.5 Å². The SMILES string of the molecule is C=C(CCC(/C=C/CCCCCCCC)Cc1ccc(OC)cc1)OC(C)=O. The van der Waals surface area contributed by atoms with Gasteiger partial charge < -0.3 is 9.47 Å². The van der Waals surface area contributed by atoms with Crippen molar-refractivity contribution in [1.29, 1.82) is 0 Å². The molecule has 0 amide bonds. The molecule has 0 bridgehead atoms. The lowest BCUT2D eigenvalue weighted by Crippen LogP contribution is -2.05. The molecule has 3 heteroatoms.